The highest BCUT2D eigenvalue weighted by atomic mass is 35.5. The molecule has 0 bridgehead atoms. The van der Waals surface area contributed by atoms with Gasteiger partial charge >= 0.3 is 0 Å². The number of nitrogens with one attached hydrogen (secondary N) is 2. The van der Waals surface area contributed by atoms with Gasteiger partial charge in [0, 0.05) is 42.9 Å². The molecule has 0 aliphatic carbocycles. The minimum atomic E-state index is -0.471. The second kappa shape index (κ2) is 10.4. The van der Waals surface area contributed by atoms with Gasteiger partial charge in [0.05, 0.1) is 35.6 Å². The van der Waals surface area contributed by atoms with Gasteiger partial charge in [-0.25, -0.2) is 9.37 Å². The maximum absolute atomic E-state index is 14.4. The van der Waals surface area contributed by atoms with Crippen molar-refractivity contribution in [3.05, 3.63) is 40.9 Å². The SMILES string of the molecule is CC1(C)CO[C@H](CNc2nc(-c3cc(CC(=O)[C@@H]4CCCNC4)ncc3Cl)ccc2F)CO1. The summed E-state index contributed by atoms with van der Waals surface area (Å²) in [7, 11) is 0. The smallest absolute Gasteiger partial charge is 0.165 e. The van der Waals surface area contributed by atoms with Crippen LogP contribution in [-0.2, 0) is 20.7 Å². The third kappa shape index (κ3) is 6.26. The highest BCUT2D eigenvalue weighted by molar-refractivity contribution is 6.33. The summed E-state index contributed by atoms with van der Waals surface area (Å²) in [6.45, 7) is 6.86. The summed E-state index contributed by atoms with van der Waals surface area (Å²) < 4.78 is 26.0. The predicted molar refractivity (Wildman–Crippen MR) is 125 cm³/mol. The molecule has 178 valence electrons. The molecule has 2 aliphatic heterocycles. The molecule has 9 heteroatoms. The predicted octanol–water partition coefficient (Wildman–Crippen LogP) is 3.65. The summed E-state index contributed by atoms with van der Waals surface area (Å²) in [5.74, 6) is -0.188. The van der Waals surface area contributed by atoms with E-state index in [1.807, 2.05) is 13.8 Å². The molecule has 7 nitrogen and oxygen atoms in total. The van der Waals surface area contributed by atoms with Crippen LogP contribution >= 0.6 is 11.6 Å². The number of nitrogens with zero attached hydrogens (tertiary/aromatic N) is 2. The molecule has 0 amide bonds. The fourth-order valence-electron chi connectivity index (χ4n) is 4.00. The molecular weight excluding hydrogens is 447 g/mol. The molecule has 2 aromatic heterocycles. The lowest BCUT2D eigenvalue weighted by Gasteiger charge is -2.35. The highest BCUT2D eigenvalue weighted by Gasteiger charge is 2.28. The number of anilines is 1. The molecule has 2 N–H and O–H groups in total. The van der Waals surface area contributed by atoms with E-state index >= 15 is 0 Å². The number of ketones is 1. The van der Waals surface area contributed by atoms with Crippen molar-refractivity contribution in [1.82, 2.24) is 15.3 Å². The number of carbonyl (C=O) groups excluding carboxylic acids is 1. The van der Waals surface area contributed by atoms with Gasteiger partial charge in [0.1, 0.15) is 5.78 Å². The van der Waals surface area contributed by atoms with Crippen LogP contribution < -0.4 is 10.6 Å². The van der Waals surface area contributed by atoms with Crippen LogP contribution in [0.25, 0.3) is 11.3 Å². The van der Waals surface area contributed by atoms with Crippen molar-refractivity contribution in [2.45, 2.75) is 44.8 Å². The Balaban J connectivity index is 1.45. The van der Waals surface area contributed by atoms with Crippen LogP contribution in [0, 0.1) is 11.7 Å². The van der Waals surface area contributed by atoms with E-state index < -0.39 is 5.82 Å². The standard InChI is InChI=1S/C24H30ClFN4O3/c1-24(2)14-32-17(13-33-24)11-29-23-20(26)5-6-21(30-23)18-8-16(28-12-19(18)25)9-22(31)15-4-3-7-27-10-15/h5-6,8,12,15,17,27H,3-4,7,9-11,13-14H2,1-2H3,(H,29,30)/t15-,17-/m1/s1. The zero-order valence-electron chi connectivity index (χ0n) is 19.0. The molecule has 2 saturated heterocycles. The summed E-state index contributed by atoms with van der Waals surface area (Å²) in [6.07, 6.45) is 3.46. The van der Waals surface area contributed by atoms with E-state index in [4.69, 9.17) is 21.1 Å². The Kier molecular flexibility index (Phi) is 7.58. The van der Waals surface area contributed by atoms with Crippen LogP contribution in [0.2, 0.25) is 5.02 Å². The van der Waals surface area contributed by atoms with Crippen molar-refractivity contribution >= 4 is 23.2 Å². The molecule has 2 atom stereocenters. The molecule has 4 heterocycles. The van der Waals surface area contributed by atoms with E-state index in [9.17, 15) is 9.18 Å². The van der Waals surface area contributed by atoms with Crippen molar-refractivity contribution < 1.29 is 18.7 Å². The lowest BCUT2D eigenvalue weighted by molar-refractivity contribution is -0.170. The van der Waals surface area contributed by atoms with Crippen LogP contribution in [0.4, 0.5) is 10.2 Å². The lowest BCUT2D eigenvalue weighted by atomic mass is 9.92. The summed E-state index contributed by atoms with van der Waals surface area (Å²) in [6, 6.07) is 4.68. The van der Waals surface area contributed by atoms with E-state index in [2.05, 4.69) is 20.6 Å². The van der Waals surface area contributed by atoms with Crippen molar-refractivity contribution in [2.75, 3.05) is 38.2 Å². The first kappa shape index (κ1) is 24.0. The molecule has 2 aliphatic rings. The molecule has 2 fully saturated rings. The Bertz CT molecular complexity index is 988. The first-order valence-corrected chi connectivity index (χ1v) is 11.7. The van der Waals surface area contributed by atoms with Crippen LogP contribution in [0.5, 0.6) is 0 Å². The number of halogens is 2. The number of Topliss-reactive ketones (excluding diaryl/α,β-unsaturated/α-hetero) is 1. The number of aromatic nitrogens is 2. The molecule has 0 saturated carbocycles. The van der Waals surface area contributed by atoms with Crippen molar-refractivity contribution in [1.29, 1.82) is 0 Å². The minimum absolute atomic E-state index is 0.0102. The summed E-state index contributed by atoms with van der Waals surface area (Å²) in [4.78, 5) is 21.4. The second-order valence-corrected chi connectivity index (χ2v) is 9.66. The number of ether oxygens (including phenoxy) is 2. The van der Waals surface area contributed by atoms with Gasteiger partial charge in [0.25, 0.3) is 0 Å². The van der Waals surface area contributed by atoms with Gasteiger partial charge in [-0.05, 0) is 51.4 Å². The normalized spacial score (nSPS) is 22.7. The van der Waals surface area contributed by atoms with E-state index in [0.29, 0.717) is 48.3 Å². The molecule has 0 aromatic carbocycles. The van der Waals surface area contributed by atoms with Gasteiger partial charge in [-0.3, -0.25) is 9.78 Å². The van der Waals surface area contributed by atoms with E-state index in [-0.39, 0.29) is 35.6 Å². The largest absolute Gasteiger partial charge is 0.371 e. The molecule has 0 spiro atoms. The lowest BCUT2D eigenvalue weighted by Crippen LogP contribution is -2.44. The number of rotatable bonds is 7. The van der Waals surface area contributed by atoms with Crippen molar-refractivity contribution in [3.8, 4) is 11.3 Å². The summed E-state index contributed by atoms with van der Waals surface area (Å²) in [5, 5.41) is 6.68. The zero-order valence-corrected chi connectivity index (χ0v) is 19.8. The first-order chi connectivity index (χ1) is 15.8. The molecule has 4 rings (SSSR count). The van der Waals surface area contributed by atoms with E-state index in [1.165, 1.54) is 12.3 Å². The van der Waals surface area contributed by atoms with Crippen LogP contribution in [-0.4, -0.2) is 60.3 Å². The topological polar surface area (TPSA) is 85.4 Å². The maximum atomic E-state index is 14.4. The zero-order chi connectivity index (χ0) is 23.4. The third-order valence-electron chi connectivity index (χ3n) is 5.97. The fourth-order valence-corrected chi connectivity index (χ4v) is 4.20. The van der Waals surface area contributed by atoms with Crippen molar-refractivity contribution in [3.63, 3.8) is 0 Å². The summed E-state index contributed by atoms with van der Waals surface area (Å²) >= 11 is 6.39. The Morgan fingerprint density at radius 3 is 2.97 bits per heavy atom. The van der Waals surface area contributed by atoms with Crippen LogP contribution in [0.1, 0.15) is 32.4 Å². The molecule has 33 heavy (non-hydrogen) atoms. The average molecular weight is 477 g/mol. The number of pyridine rings is 2. The van der Waals surface area contributed by atoms with Gasteiger partial charge < -0.3 is 20.1 Å². The molecule has 0 radical (unpaired) electrons. The van der Waals surface area contributed by atoms with Gasteiger partial charge in [-0.15, -0.1) is 0 Å². The van der Waals surface area contributed by atoms with Crippen molar-refractivity contribution in [2.24, 2.45) is 5.92 Å². The van der Waals surface area contributed by atoms with E-state index in [1.54, 1.807) is 12.1 Å². The summed E-state index contributed by atoms with van der Waals surface area (Å²) in [5.41, 5.74) is 1.42. The maximum Gasteiger partial charge on any atom is 0.165 e. The Morgan fingerprint density at radius 1 is 1.39 bits per heavy atom. The monoisotopic (exact) mass is 476 g/mol. The van der Waals surface area contributed by atoms with Crippen LogP contribution in [0.15, 0.2) is 24.4 Å². The van der Waals surface area contributed by atoms with Gasteiger partial charge in [0.15, 0.2) is 11.6 Å². The number of hydrogen-bond donors (Lipinski definition) is 2. The average Bonchev–Trinajstić information content (AvgIpc) is 2.81. The Labute approximate surface area is 198 Å². The minimum Gasteiger partial charge on any atom is -0.371 e. The number of carbonyl (C=O) groups is 1. The Hall–Kier alpha value is -2.13. The van der Waals surface area contributed by atoms with Gasteiger partial charge in [-0.2, -0.15) is 0 Å². The first-order valence-electron chi connectivity index (χ1n) is 11.3. The van der Waals surface area contributed by atoms with Gasteiger partial charge in [-0.1, -0.05) is 11.6 Å². The second-order valence-electron chi connectivity index (χ2n) is 9.25. The molecular formula is C24H30ClFN4O3. The van der Waals surface area contributed by atoms with E-state index in [0.717, 1.165) is 19.4 Å². The molecule has 2 aromatic rings. The molecule has 0 unspecified atom stereocenters. The fraction of sp³-hybridized carbons (Fsp3) is 0.542. The van der Waals surface area contributed by atoms with Gasteiger partial charge in [0.2, 0.25) is 0 Å². The number of hydrogen-bond acceptors (Lipinski definition) is 7. The third-order valence-corrected chi connectivity index (χ3v) is 6.27. The quantitative estimate of drug-likeness (QED) is 0.630. The highest BCUT2D eigenvalue weighted by Crippen LogP contribution is 2.29. The van der Waals surface area contributed by atoms with Crippen LogP contribution in [0.3, 0.4) is 0 Å². The Morgan fingerprint density at radius 2 is 2.24 bits per heavy atom. The number of piperidine rings is 1.